The van der Waals surface area contributed by atoms with E-state index in [1.54, 1.807) is 31.4 Å². The zero-order chi connectivity index (χ0) is 25.3. The zero-order valence-electron chi connectivity index (χ0n) is 21.1. The average molecular weight is 492 g/mol. The Bertz CT molecular complexity index is 1240. The monoisotopic (exact) mass is 491 g/mol. The minimum absolute atomic E-state index is 0.127. The van der Waals surface area contributed by atoms with Crippen LogP contribution in [0.3, 0.4) is 0 Å². The predicted molar refractivity (Wildman–Crippen MR) is 135 cm³/mol. The highest BCUT2D eigenvalue weighted by Crippen LogP contribution is 2.36. The van der Waals surface area contributed by atoms with Crippen molar-refractivity contribution in [3.8, 4) is 23.0 Å². The summed E-state index contributed by atoms with van der Waals surface area (Å²) >= 11 is 0. The standard InChI is InChI=1S/C28H33N3O5/c1-28(27(33)29-20-8-5-4-6-9-20)18-30-22(25-10-7-15-36-25)12-13-23(30)26(32)31(28)17-19-16-21(34-2)11-14-24(19)35-3/h7,10-16,20H,4-6,8-9,17-18H2,1-3H3,(H,29,33). The topological polar surface area (TPSA) is 85.9 Å². The molecule has 190 valence electrons. The van der Waals surface area contributed by atoms with Gasteiger partial charge in [-0.3, -0.25) is 9.59 Å². The maximum atomic E-state index is 14.0. The van der Waals surface area contributed by atoms with Gasteiger partial charge in [0.1, 0.15) is 28.5 Å². The Balaban J connectivity index is 1.55. The van der Waals surface area contributed by atoms with Gasteiger partial charge in [-0.15, -0.1) is 0 Å². The van der Waals surface area contributed by atoms with Crippen molar-refractivity contribution in [2.24, 2.45) is 0 Å². The van der Waals surface area contributed by atoms with Gasteiger partial charge in [-0.05, 0) is 62.2 Å². The van der Waals surface area contributed by atoms with Crippen LogP contribution in [0.4, 0.5) is 0 Å². The van der Waals surface area contributed by atoms with Crippen LogP contribution in [0.1, 0.15) is 55.1 Å². The number of methoxy groups -OCH3 is 2. The number of furan rings is 1. The van der Waals surface area contributed by atoms with Crippen LogP contribution in [-0.2, 0) is 17.9 Å². The van der Waals surface area contributed by atoms with Crippen LogP contribution in [-0.4, -0.2) is 47.1 Å². The number of carbonyl (C=O) groups excluding carboxylic acids is 2. The number of hydrogen-bond acceptors (Lipinski definition) is 5. The van der Waals surface area contributed by atoms with Gasteiger partial charge in [0, 0.05) is 11.6 Å². The average Bonchev–Trinajstić information content (AvgIpc) is 3.57. The lowest BCUT2D eigenvalue weighted by Gasteiger charge is -2.45. The number of aromatic nitrogens is 1. The van der Waals surface area contributed by atoms with E-state index in [-0.39, 0.29) is 24.4 Å². The first-order chi connectivity index (χ1) is 17.4. The van der Waals surface area contributed by atoms with E-state index < -0.39 is 5.54 Å². The third kappa shape index (κ3) is 4.25. The third-order valence-corrected chi connectivity index (χ3v) is 7.53. The largest absolute Gasteiger partial charge is 0.497 e. The molecule has 36 heavy (non-hydrogen) atoms. The maximum Gasteiger partial charge on any atom is 0.271 e. The Labute approximate surface area is 211 Å². The molecule has 1 aliphatic carbocycles. The van der Waals surface area contributed by atoms with Crippen LogP contribution in [0.5, 0.6) is 11.5 Å². The van der Waals surface area contributed by atoms with Gasteiger partial charge in [-0.25, -0.2) is 0 Å². The number of ether oxygens (including phenoxy) is 2. The molecule has 1 saturated carbocycles. The molecule has 2 aliphatic rings. The van der Waals surface area contributed by atoms with Gasteiger partial charge in [0.25, 0.3) is 5.91 Å². The van der Waals surface area contributed by atoms with Crippen molar-refractivity contribution < 1.29 is 23.5 Å². The van der Waals surface area contributed by atoms with Gasteiger partial charge in [-0.1, -0.05) is 19.3 Å². The minimum atomic E-state index is -1.13. The highest BCUT2D eigenvalue weighted by molar-refractivity contribution is 6.00. The summed E-state index contributed by atoms with van der Waals surface area (Å²) in [5.41, 5.74) is 0.939. The fraction of sp³-hybridized carbons (Fsp3) is 0.429. The molecule has 1 atom stereocenters. The molecule has 3 aromatic rings. The van der Waals surface area contributed by atoms with Crippen molar-refractivity contribution in [3.63, 3.8) is 0 Å². The summed E-state index contributed by atoms with van der Waals surface area (Å²) in [5.74, 6) is 1.59. The first-order valence-corrected chi connectivity index (χ1v) is 12.5. The van der Waals surface area contributed by atoms with Crippen LogP contribution in [0.15, 0.2) is 53.1 Å². The Kier molecular flexibility index (Phi) is 6.51. The summed E-state index contributed by atoms with van der Waals surface area (Å²) in [6.45, 7) is 2.36. The van der Waals surface area contributed by atoms with Gasteiger partial charge in [0.2, 0.25) is 5.91 Å². The van der Waals surface area contributed by atoms with Crippen molar-refractivity contribution >= 4 is 11.8 Å². The molecule has 1 N–H and O–H groups in total. The minimum Gasteiger partial charge on any atom is -0.497 e. The molecule has 8 heteroatoms. The Morgan fingerprint density at radius 2 is 1.86 bits per heavy atom. The summed E-state index contributed by atoms with van der Waals surface area (Å²) < 4.78 is 18.5. The van der Waals surface area contributed by atoms with E-state index in [1.807, 2.05) is 47.9 Å². The summed E-state index contributed by atoms with van der Waals surface area (Å²) in [5, 5.41) is 3.27. The fourth-order valence-electron chi connectivity index (χ4n) is 5.42. The summed E-state index contributed by atoms with van der Waals surface area (Å²) in [7, 11) is 3.20. The summed E-state index contributed by atoms with van der Waals surface area (Å²) in [6, 6.07) is 13.0. The van der Waals surface area contributed by atoms with E-state index in [0.29, 0.717) is 29.5 Å². The molecule has 0 spiro atoms. The van der Waals surface area contributed by atoms with E-state index in [2.05, 4.69) is 5.32 Å². The molecule has 1 aromatic carbocycles. The second-order valence-electron chi connectivity index (χ2n) is 9.82. The quantitative estimate of drug-likeness (QED) is 0.521. The number of rotatable bonds is 7. The highest BCUT2D eigenvalue weighted by atomic mass is 16.5. The fourth-order valence-corrected chi connectivity index (χ4v) is 5.42. The van der Waals surface area contributed by atoms with Crippen molar-refractivity contribution in [1.29, 1.82) is 0 Å². The molecule has 1 unspecified atom stereocenters. The summed E-state index contributed by atoms with van der Waals surface area (Å²) in [4.78, 5) is 29.6. The molecule has 0 saturated heterocycles. The van der Waals surface area contributed by atoms with Gasteiger partial charge < -0.3 is 28.7 Å². The van der Waals surface area contributed by atoms with Crippen LogP contribution in [0, 0.1) is 0 Å². The molecule has 0 bridgehead atoms. The Hall–Kier alpha value is -3.68. The van der Waals surface area contributed by atoms with E-state index >= 15 is 0 Å². The van der Waals surface area contributed by atoms with Crippen LogP contribution < -0.4 is 14.8 Å². The number of nitrogens with zero attached hydrogens (tertiary/aromatic N) is 2. The van der Waals surface area contributed by atoms with Crippen molar-refractivity contribution in [2.75, 3.05) is 14.2 Å². The first kappa shape index (κ1) is 24.0. The van der Waals surface area contributed by atoms with E-state index in [0.717, 1.165) is 36.9 Å². The molecule has 3 heterocycles. The SMILES string of the molecule is COc1ccc(OC)c(CN2C(=O)c3ccc(-c4ccco4)n3CC2(C)C(=O)NC2CCCCC2)c1. The van der Waals surface area contributed by atoms with Crippen molar-refractivity contribution in [3.05, 3.63) is 60.0 Å². The van der Waals surface area contributed by atoms with Gasteiger partial charge in [-0.2, -0.15) is 0 Å². The second kappa shape index (κ2) is 9.76. The molecule has 1 aliphatic heterocycles. The molecule has 1 fully saturated rings. The van der Waals surface area contributed by atoms with Crippen molar-refractivity contribution in [2.45, 2.75) is 63.7 Å². The number of nitrogens with one attached hydrogen (secondary N) is 1. The smallest absolute Gasteiger partial charge is 0.271 e. The van der Waals surface area contributed by atoms with Crippen molar-refractivity contribution in [1.82, 2.24) is 14.8 Å². The number of benzene rings is 1. The molecule has 5 rings (SSSR count). The molecule has 2 aromatic heterocycles. The van der Waals surface area contributed by atoms with Gasteiger partial charge in [0.05, 0.1) is 39.3 Å². The van der Waals surface area contributed by atoms with Crippen LogP contribution >= 0.6 is 0 Å². The normalized spacial score (nSPS) is 20.2. The van der Waals surface area contributed by atoms with Gasteiger partial charge in [0.15, 0.2) is 0 Å². The number of hydrogen-bond donors (Lipinski definition) is 1. The van der Waals surface area contributed by atoms with E-state index in [1.165, 1.54) is 6.42 Å². The van der Waals surface area contributed by atoms with Crippen LogP contribution in [0.2, 0.25) is 0 Å². The molecule has 0 radical (unpaired) electrons. The third-order valence-electron chi connectivity index (χ3n) is 7.53. The van der Waals surface area contributed by atoms with E-state index in [4.69, 9.17) is 13.9 Å². The number of carbonyl (C=O) groups is 2. The number of amides is 2. The zero-order valence-corrected chi connectivity index (χ0v) is 21.1. The lowest BCUT2D eigenvalue weighted by molar-refractivity contribution is -0.134. The second-order valence-corrected chi connectivity index (χ2v) is 9.82. The summed E-state index contributed by atoms with van der Waals surface area (Å²) in [6.07, 6.45) is 6.95. The lowest BCUT2D eigenvalue weighted by atomic mass is 9.91. The van der Waals surface area contributed by atoms with Gasteiger partial charge >= 0.3 is 0 Å². The number of fused-ring (bicyclic) bond motifs is 1. The Morgan fingerprint density at radius 3 is 2.56 bits per heavy atom. The molecular weight excluding hydrogens is 458 g/mol. The van der Waals surface area contributed by atoms with E-state index in [9.17, 15) is 9.59 Å². The van der Waals surface area contributed by atoms with Crippen LogP contribution in [0.25, 0.3) is 11.5 Å². The lowest BCUT2D eigenvalue weighted by Crippen LogP contribution is -2.64. The Morgan fingerprint density at radius 1 is 1.08 bits per heavy atom. The maximum absolute atomic E-state index is 14.0. The predicted octanol–water partition coefficient (Wildman–Crippen LogP) is 4.63. The molecular formula is C28H33N3O5. The molecule has 8 nitrogen and oxygen atoms in total. The highest BCUT2D eigenvalue weighted by Gasteiger charge is 2.48. The molecule has 2 amide bonds. The first-order valence-electron chi connectivity index (χ1n) is 12.5.